The van der Waals surface area contributed by atoms with E-state index in [2.05, 4.69) is 4.90 Å². The molecule has 2 saturated heterocycles. The Morgan fingerprint density at radius 2 is 1.72 bits per heavy atom. The Hall–Kier alpha value is -2.47. The van der Waals surface area contributed by atoms with E-state index in [4.69, 9.17) is 4.42 Å². The normalized spacial score (nSPS) is 19.9. The Morgan fingerprint density at radius 3 is 2.48 bits per heavy atom. The third-order valence-electron chi connectivity index (χ3n) is 4.36. The van der Waals surface area contributed by atoms with E-state index in [1.807, 2.05) is 18.2 Å². The summed E-state index contributed by atoms with van der Waals surface area (Å²) >= 11 is 0.941. The largest absolute Gasteiger partial charge is 0.441 e. The number of furan rings is 1. The molecule has 0 aliphatic carbocycles. The van der Waals surface area contributed by atoms with Crippen molar-refractivity contribution < 1.29 is 14.0 Å². The van der Waals surface area contributed by atoms with Gasteiger partial charge in [-0.2, -0.15) is 0 Å². The number of piperidine rings is 1. The summed E-state index contributed by atoms with van der Waals surface area (Å²) in [6, 6.07) is 12.7. The molecule has 5 nitrogen and oxygen atoms in total. The molecule has 0 unspecified atom stereocenters. The fraction of sp³-hybridized carbons (Fsp3) is 0.263. The van der Waals surface area contributed by atoms with Crippen LogP contribution < -0.4 is 9.80 Å². The number of rotatable bonds is 3. The molecule has 3 heterocycles. The molecular formula is C19H18N2O3S. The summed E-state index contributed by atoms with van der Waals surface area (Å²) in [5, 5.41) is -0.287. The molecule has 0 atom stereocenters. The maximum Gasteiger partial charge on any atom is 0.298 e. The second-order valence-corrected chi connectivity index (χ2v) is 7.07. The molecule has 128 valence electrons. The van der Waals surface area contributed by atoms with Crippen molar-refractivity contribution in [2.75, 3.05) is 22.9 Å². The van der Waals surface area contributed by atoms with Crippen molar-refractivity contribution in [1.82, 2.24) is 0 Å². The monoisotopic (exact) mass is 354 g/mol. The highest BCUT2D eigenvalue weighted by atomic mass is 32.2. The number of amides is 2. The summed E-state index contributed by atoms with van der Waals surface area (Å²) < 4.78 is 5.86. The first-order chi connectivity index (χ1) is 12.2. The molecule has 25 heavy (non-hydrogen) atoms. The van der Waals surface area contributed by atoms with Crippen LogP contribution in [0.1, 0.15) is 25.0 Å². The van der Waals surface area contributed by atoms with Crippen LogP contribution in [0.25, 0.3) is 6.08 Å². The molecule has 1 aromatic heterocycles. The first-order valence-corrected chi connectivity index (χ1v) is 9.22. The van der Waals surface area contributed by atoms with Crippen molar-refractivity contribution in [3.63, 3.8) is 0 Å². The highest BCUT2D eigenvalue weighted by Crippen LogP contribution is 2.36. The lowest BCUT2D eigenvalue weighted by molar-refractivity contribution is -0.113. The predicted octanol–water partition coefficient (Wildman–Crippen LogP) is 4.51. The van der Waals surface area contributed by atoms with Crippen LogP contribution in [0, 0.1) is 0 Å². The van der Waals surface area contributed by atoms with Crippen LogP contribution in [0.2, 0.25) is 0 Å². The lowest BCUT2D eigenvalue weighted by Crippen LogP contribution is -2.28. The van der Waals surface area contributed by atoms with E-state index >= 15 is 0 Å². The van der Waals surface area contributed by atoms with E-state index in [9.17, 15) is 9.59 Å². The Balaban J connectivity index is 1.55. The Bertz CT molecular complexity index is 822. The topological polar surface area (TPSA) is 53.8 Å². The number of carbonyl (C=O) groups excluding carboxylic acids is 2. The summed E-state index contributed by atoms with van der Waals surface area (Å²) in [7, 11) is 0. The minimum absolute atomic E-state index is 0.287. The van der Waals surface area contributed by atoms with Crippen molar-refractivity contribution in [2.24, 2.45) is 0 Å². The third-order valence-corrected chi connectivity index (χ3v) is 5.23. The van der Waals surface area contributed by atoms with E-state index in [0.29, 0.717) is 16.4 Å². The molecule has 2 amide bonds. The van der Waals surface area contributed by atoms with Crippen LogP contribution in [-0.2, 0) is 4.79 Å². The standard InChI is InChI=1S/C19H18N2O3S/c22-18-16(25-19(23)21(18)14-7-3-1-4-8-14)13-15-9-10-17(24-15)20-11-5-2-6-12-20/h1,3-4,7-10,13H,2,5-6,11-12H2/b16-13-. The Morgan fingerprint density at radius 1 is 0.960 bits per heavy atom. The zero-order valence-corrected chi connectivity index (χ0v) is 14.5. The van der Waals surface area contributed by atoms with Gasteiger partial charge >= 0.3 is 0 Å². The molecule has 2 aromatic rings. The maximum absolute atomic E-state index is 12.6. The van der Waals surface area contributed by atoms with Crippen LogP contribution in [0.5, 0.6) is 0 Å². The zero-order valence-electron chi connectivity index (χ0n) is 13.7. The van der Waals surface area contributed by atoms with Crippen LogP contribution in [-0.4, -0.2) is 24.2 Å². The molecule has 1 aromatic carbocycles. The molecule has 0 radical (unpaired) electrons. The van der Waals surface area contributed by atoms with E-state index < -0.39 is 0 Å². The number of para-hydroxylation sites is 1. The number of benzene rings is 1. The smallest absolute Gasteiger partial charge is 0.298 e. The van der Waals surface area contributed by atoms with Gasteiger partial charge in [0.1, 0.15) is 5.76 Å². The van der Waals surface area contributed by atoms with Gasteiger partial charge in [-0.25, -0.2) is 4.90 Å². The van der Waals surface area contributed by atoms with Crippen LogP contribution in [0.4, 0.5) is 16.4 Å². The van der Waals surface area contributed by atoms with Gasteiger partial charge in [0.25, 0.3) is 11.1 Å². The second-order valence-electron chi connectivity index (χ2n) is 6.08. The third kappa shape index (κ3) is 3.22. The number of hydrogen-bond donors (Lipinski definition) is 0. The van der Waals surface area contributed by atoms with Gasteiger partial charge in [-0.1, -0.05) is 18.2 Å². The number of nitrogens with zero attached hydrogens (tertiary/aromatic N) is 2. The number of anilines is 2. The van der Waals surface area contributed by atoms with Gasteiger partial charge in [0.05, 0.1) is 10.6 Å². The molecule has 6 heteroatoms. The van der Waals surface area contributed by atoms with Crippen LogP contribution >= 0.6 is 11.8 Å². The van der Waals surface area contributed by atoms with E-state index in [1.54, 1.807) is 30.3 Å². The first kappa shape index (κ1) is 16.0. The second kappa shape index (κ2) is 6.80. The summed E-state index contributed by atoms with van der Waals surface area (Å²) in [6.07, 6.45) is 5.26. The van der Waals surface area contributed by atoms with Crippen molar-refractivity contribution in [2.45, 2.75) is 19.3 Å². The summed E-state index contributed by atoms with van der Waals surface area (Å²) in [5.74, 6) is 1.12. The van der Waals surface area contributed by atoms with Crippen LogP contribution in [0.15, 0.2) is 51.8 Å². The van der Waals surface area contributed by atoms with E-state index in [1.165, 1.54) is 24.2 Å². The highest BCUT2D eigenvalue weighted by molar-refractivity contribution is 8.19. The van der Waals surface area contributed by atoms with Crippen molar-refractivity contribution in [3.8, 4) is 0 Å². The van der Waals surface area contributed by atoms with Gasteiger partial charge in [-0.3, -0.25) is 9.59 Å². The average Bonchev–Trinajstić information content (AvgIpc) is 3.22. The molecule has 2 aliphatic rings. The minimum Gasteiger partial charge on any atom is -0.441 e. The summed E-state index contributed by atoms with van der Waals surface area (Å²) in [5.41, 5.74) is 0.585. The van der Waals surface area contributed by atoms with E-state index in [0.717, 1.165) is 30.7 Å². The fourth-order valence-electron chi connectivity index (χ4n) is 3.10. The predicted molar refractivity (Wildman–Crippen MR) is 99.7 cm³/mol. The molecule has 0 spiro atoms. The summed E-state index contributed by atoms with van der Waals surface area (Å²) in [4.78, 5) is 28.6. The molecule has 0 saturated carbocycles. The highest BCUT2D eigenvalue weighted by Gasteiger charge is 2.36. The average molecular weight is 354 g/mol. The van der Waals surface area contributed by atoms with Gasteiger partial charge in [0, 0.05) is 25.2 Å². The lowest BCUT2D eigenvalue weighted by Gasteiger charge is -2.25. The Labute approximate surface area is 150 Å². The molecule has 0 bridgehead atoms. The fourth-order valence-corrected chi connectivity index (χ4v) is 3.92. The maximum atomic E-state index is 12.6. The minimum atomic E-state index is -0.308. The van der Waals surface area contributed by atoms with Crippen LogP contribution in [0.3, 0.4) is 0 Å². The number of hydrogen-bond acceptors (Lipinski definition) is 5. The first-order valence-electron chi connectivity index (χ1n) is 8.40. The van der Waals surface area contributed by atoms with Gasteiger partial charge in [0.2, 0.25) is 0 Å². The van der Waals surface area contributed by atoms with Gasteiger partial charge < -0.3 is 9.32 Å². The molecule has 0 N–H and O–H groups in total. The molecule has 4 rings (SSSR count). The van der Waals surface area contributed by atoms with Crippen molar-refractivity contribution >= 4 is 40.6 Å². The van der Waals surface area contributed by atoms with Crippen molar-refractivity contribution in [3.05, 3.63) is 53.1 Å². The quantitative estimate of drug-likeness (QED) is 0.759. The summed E-state index contributed by atoms with van der Waals surface area (Å²) in [6.45, 7) is 1.99. The van der Waals surface area contributed by atoms with Gasteiger partial charge in [0.15, 0.2) is 5.88 Å². The molecule has 2 aliphatic heterocycles. The SMILES string of the molecule is O=C1S/C(=C\c2ccc(N3CCCCC3)o2)C(=O)N1c1ccccc1. The number of thioether (sulfide) groups is 1. The number of imide groups is 1. The molecule has 2 fully saturated rings. The van der Waals surface area contributed by atoms with Crippen molar-refractivity contribution in [1.29, 1.82) is 0 Å². The van der Waals surface area contributed by atoms with Gasteiger partial charge in [-0.05, 0) is 49.2 Å². The molecular weight excluding hydrogens is 336 g/mol. The van der Waals surface area contributed by atoms with Gasteiger partial charge in [-0.15, -0.1) is 0 Å². The zero-order chi connectivity index (χ0) is 17.2. The number of carbonyl (C=O) groups is 2. The lowest BCUT2D eigenvalue weighted by atomic mass is 10.1. The van der Waals surface area contributed by atoms with E-state index in [-0.39, 0.29) is 11.1 Å². The Kier molecular flexibility index (Phi) is 4.36.